The Morgan fingerprint density at radius 2 is 1.27 bits per heavy atom. The molecule has 3 heteroatoms. The molecule has 0 radical (unpaired) electrons. The third-order valence-corrected chi connectivity index (χ3v) is 4.40. The third-order valence-electron chi connectivity index (χ3n) is 4.40. The van der Waals surface area contributed by atoms with Crippen molar-refractivity contribution in [2.24, 2.45) is 5.92 Å². The Bertz CT molecular complexity index is 281. The number of carbonyl (C=O) groups excluding carboxylic acids is 2. The summed E-state index contributed by atoms with van der Waals surface area (Å²) in [5.74, 6) is 1.03. The Hall–Kier alpha value is -0.700. The van der Waals surface area contributed by atoms with Gasteiger partial charge in [0.15, 0.2) is 0 Å². The molecule has 1 N–H and O–H groups in total. The van der Waals surface area contributed by atoms with Crippen molar-refractivity contribution in [3.63, 3.8) is 0 Å². The van der Waals surface area contributed by atoms with E-state index in [1.54, 1.807) is 6.92 Å². The molecule has 0 fully saturated rings. The van der Waals surface area contributed by atoms with Gasteiger partial charge in [0.25, 0.3) is 0 Å². The van der Waals surface area contributed by atoms with Gasteiger partial charge in [-0.05, 0) is 26.2 Å². The van der Waals surface area contributed by atoms with Crippen LogP contribution in [0, 0.1) is 5.92 Å². The molecule has 0 aromatic carbocycles. The van der Waals surface area contributed by atoms with Gasteiger partial charge in [-0.2, -0.15) is 0 Å². The summed E-state index contributed by atoms with van der Waals surface area (Å²) in [6.45, 7) is 12.5. The van der Waals surface area contributed by atoms with E-state index >= 15 is 0 Å². The molecule has 3 nitrogen and oxygen atoms in total. The number of hydrogen-bond donors (Lipinski definition) is 1. The summed E-state index contributed by atoms with van der Waals surface area (Å²) in [6.07, 6.45) is 14.5. The number of aliphatic hydroxyl groups excluding tert-OH is 1. The SMILES string of the molecule is CCCCCC(C)C(C)=O.CCCCCCC(=O)CC.CCCCCO. The van der Waals surface area contributed by atoms with Crippen molar-refractivity contribution in [3.05, 3.63) is 0 Å². The predicted octanol–water partition coefficient (Wildman–Crippen LogP) is 6.90. The van der Waals surface area contributed by atoms with E-state index in [4.69, 9.17) is 5.11 Å². The summed E-state index contributed by atoms with van der Waals surface area (Å²) in [6, 6.07) is 0. The Balaban J connectivity index is -0.000000316. The summed E-state index contributed by atoms with van der Waals surface area (Å²) in [5, 5.41) is 8.20. The minimum Gasteiger partial charge on any atom is -0.396 e. The van der Waals surface area contributed by atoms with E-state index in [0.29, 0.717) is 24.6 Å². The van der Waals surface area contributed by atoms with Crippen molar-refractivity contribution in [1.29, 1.82) is 0 Å². The number of ketones is 2. The fourth-order valence-corrected chi connectivity index (χ4v) is 2.19. The van der Waals surface area contributed by atoms with Crippen LogP contribution in [0.5, 0.6) is 0 Å². The normalized spacial score (nSPS) is 10.9. The highest BCUT2D eigenvalue weighted by Gasteiger charge is 2.05. The first-order chi connectivity index (χ1) is 12.4. The first-order valence-corrected chi connectivity index (χ1v) is 11.0. The fraction of sp³-hybridized carbons (Fsp3) is 0.913. The van der Waals surface area contributed by atoms with Gasteiger partial charge in [0.05, 0.1) is 0 Å². The summed E-state index contributed by atoms with van der Waals surface area (Å²) in [4.78, 5) is 21.5. The van der Waals surface area contributed by atoms with Crippen LogP contribution in [-0.2, 0) is 9.59 Å². The van der Waals surface area contributed by atoms with Crippen molar-refractivity contribution in [2.75, 3.05) is 6.61 Å². The first kappa shape index (κ1) is 30.0. The lowest BCUT2D eigenvalue weighted by Gasteiger charge is -2.04. The van der Waals surface area contributed by atoms with E-state index in [-0.39, 0.29) is 5.92 Å². The molecule has 1 atom stereocenters. The zero-order valence-corrected chi connectivity index (χ0v) is 18.7. The maximum atomic E-state index is 10.8. The van der Waals surface area contributed by atoms with E-state index in [0.717, 1.165) is 32.1 Å². The van der Waals surface area contributed by atoms with Gasteiger partial charge in [0.1, 0.15) is 11.6 Å². The molecule has 0 aromatic heterocycles. The van der Waals surface area contributed by atoms with Crippen LogP contribution in [0.2, 0.25) is 0 Å². The van der Waals surface area contributed by atoms with Gasteiger partial charge in [-0.1, -0.05) is 86.0 Å². The van der Waals surface area contributed by atoms with Gasteiger partial charge in [-0.25, -0.2) is 0 Å². The van der Waals surface area contributed by atoms with E-state index in [1.807, 2.05) is 13.8 Å². The smallest absolute Gasteiger partial charge is 0.132 e. The van der Waals surface area contributed by atoms with Crippen LogP contribution in [0.1, 0.15) is 125 Å². The standard InChI is InChI=1S/2C9H18O.C5H12O/c1-4-5-6-7-8(2)9(3)10;1-3-5-6-7-8-9(10)4-2;1-2-3-4-5-6/h8H,4-7H2,1-3H3;3-8H2,1-2H3;6H,2-5H2,1H3. The average Bonchev–Trinajstić information content (AvgIpc) is 2.64. The van der Waals surface area contributed by atoms with Crippen LogP contribution >= 0.6 is 0 Å². The van der Waals surface area contributed by atoms with Gasteiger partial charge in [-0.3, -0.25) is 9.59 Å². The molecular weight excluding hydrogens is 324 g/mol. The molecule has 158 valence electrons. The summed E-state index contributed by atoms with van der Waals surface area (Å²) in [7, 11) is 0. The highest BCUT2D eigenvalue weighted by molar-refractivity contribution is 5.78. The van der Waals surface area contributed by atoms with Crippen molar-refractivity contribution in [2.45, 2.75) is 125 Å². The number of hydrogen-bond acceptors (Lipinski definition) is 3. The molecule has 0 spiro atoms. The Morgan fingerprint density at radius 3 is 1.65 bits per heavy atom. The second-order valence-corrected chi connectivity index (χ2v) is 7.14. The van der Waals surface area contributed by atoms with Crippen LogP contribution < -0.4 is 0 Å². The molecule has 26 heavy (non-hydrogen) atoms. The highest BCUT2D eigenvalue weighted by atomic mass is 16.2. The molecule has 0 saturated carbocycles. The molecule has 0 bridgehead atoms. The van der Waals surface area contributed by atoms with Crippen LogP contribution in [-0.4, -0.2) is 23.3 Å². The lowest BCUT2D eigenvalue weighted by molar-refractivity contribution is -0.120. The predicted molar refractivity (Wildman–Crippen MR) is 115 cm³/mol. The molecule has 1 unspecified atom stereocenters. The quantitative estimate of drug-likeness (QED) is 0.337. The lowest BCUT2D eigenvalue weighted by Crippen LogP contribution is -2.05. The molecule has 0 aliphatic carbocycles. The second kappa shape index (κ2) is 26.5. The average molecular weight is 373 g/mol. The molecule has 0 rings (SSSR count). The summed E-state index contributed by atoms with van der Waals surface area (Å²) < 4.78 is 0. The lowest BCUT2D eigenvalue weighted by atomic mass is 10.0. The van der Waals surface area contributed by atoms with Crippen LogP contribution in [0.25, 0.3) is 0 Å². The molecule has 0 amide bonds. The minimum absolute atomic E-state index is 0.284. The van der Waals surface area contributed by atoms with Gasteiger partial charge >= 0.3 is 0 Å². The Labute approximate surface area is 164 Å². The van der Waals surface area contributed by atoms with Gasteiger partial charge in [-0.15, -0.1) is 0 Å². The third kappa shape index (κ3) is 31.1. The molecule has 0 saturated heterocycles. The van der Waals surface area contributed by atoms with Gasteiger partial charge < -0.3 is 5.11 Å². The van der Waals surface area contributed by atoms with E-state index in [1.165, 1.54) is 44.9 Å². The van der Waals surface area contributed by atoms with E-state index < -0.39 is 0 Å². The first-order valence-electron chi connectivity index (χ1n) is 11.0. The topological polar surface area (TPSA) is 54.4 Å². The maximum absolute atomic E-state index is 10.8. The number of Topliss-reactive ketones (excluding diaryl/α,β-unsaturated/α-hetero) is 2. The van der Waals surface area contributed by atoms with Gasteiger partial charge in [0, 0.05) is 25.4 Å². The fourth-order valence-electron chi connectivity index (χ4n) is 2.19. The van der Waals surface area contributed by atoms with Crippen molar-refractivity contribution >= 4 is 11.6 Å². The monoisotopic (exact) mass is 372 g/mol. The molecule has 0 aromatic rings. The Kier molecular flexibility index (Phi) is 30.7. The highest BCUT2D eigenvalue weighted by Crippen LogP contribution is 2.09. The molecular formula is C23H48O3. The number of aliphatic hydroxyl groups is 1. The molecule has 0 heterocycles. The number of carbonyl (C=O) groups is 2. The maximum Gasteiger partial charge on any atom is 0.132 e. The van der Waals surface area contributed by atoms with Crippen molar-refractivity contribution < 1.29 is 14.7 Å². The molecule has 0 aliphatic heterocycles. The summed E-state index contributed by atoms with van der Waals surface area (Å²) >= 11 is 0. The largest absolute Gasteiger partial charge is 0.396 e. The second-order valence-electron chi connectivity index (χ2n) is 7.14. The number of rotatable bonds is 14. The van der Waals surface area contributed by atoms with Crippen LogP contribution in [0.4, 0.5) is 0 Å². The van der Waals surface area contributed by atoms with Crippen molar-refractivity contribution in [1.82, 2.24) is 0 Å². The van der Waals surface area contributed by atoms with Crippen LogP contribution in [0.15, 0.2) is 0 Å². The summed E-state index contributed by atoms with van der Waals surface area (Å²) in [5.41, 5.74) is 0. The Morgan fingerprint density at radius 1 is 0.769 bits per heavy atom. The zero-order chi connectivity index (χ0) is 20.6. The number of unbranched alkanes of at least 4 members (excludes halogenated alkanes) is 7. The van der Waals surface area contributed by atoms with E-state index in [9.17, 15) is 9.59 Å². The van der Waals surface area contributed by atoms with Crippen LogP contribution in [0.3, 0.4) is 0 Å². The zero-order valence-electron chi connectivity index (χ0n) is 18.7. The van der Waals surface area contributed by atoms with Gasteiger partial charge in [0.2, 0.25) is 0 Å². The van der Waals surface area contributed by atoms with Crippen molar-refractivity contribution in [3.8, 4) is 0 Å². The molecule has 0 aliphatic rings. The van der Waals surface area contributed by atoms with E-state index in [2.05, 4.69) is 20.8 Å². The minimum atomic E-state index is 0.284.